The summed E-state index contributed by atoms with van der Waals surface area (Å²) in [5.74, 6) is -0.0321. The van der Waals surface area contributed by atoms with Crippen LogP contribution in [0.25, 0.3) is 10.8 Å². The molecule has 6 nitrogen and oxygen atoms in total. The van der Waals surface area contributed by atoms with E-state index >= 15 is 0 Å². The molecule has 1 N–H and O–H groups in total. The lowest BCUT2D eigenvalue weighted by Crippen LogP contribution is -2.43. The minimum absolute atomic E-state index is 0.150. The van der Waals surface area contributed by atoms with Crippen molar-refractivity contribution in [3.63, 3.8) is 0 Å². The first-order valence-corrected chi connectivity index (χ1v) is 10.4. The van der Waals surface area contributed by atoms with Crippen LogP contribution in [0.3, 0.4) is 0 Å². The molecule has 1 aliphatic carbocycles. The van der Waals surface area contributed by atoms with E-state index in [0.29, 0.717) is 12.8 Å². The van der Waals surface area contributed by atoms with Crippen LogP contribution in [0.5, 0.6) is 5.75 Å². The number of ether oxygens (including phenoxy) is 1. The Bertz CT molecular complexity index is 1030. The molecule has 0 bridgehead atoms. The minimum Gasteiger partial charge on any atom is -0.492 e. The Morgan fingerprint density at radius 3 is 2.57 bits per heavy atom. The van der Waals surface area contributed by atoms with Crippen LogP contribution in [0.15, 0.2) is 55.1 Å². The van der Waals surface area contributed by atoms with Crippen molar-refractivity contribution >= 4 is 16.7 Å². The van der Waals surface area contributed by atoms with Gasteiger partial charge in [-0.2, -0.15) is 0 Å². The topological polar surface area (TPSA) is 67.6 Å². The van der Waals surface area contributed by atoms with Gasteiger partial charge in [0, 0.05) is 18.4 Å². The van der Waals surface area contributed by atoms with E-state index in [1.165, 1.54) is 5.56 Å². The second kappa shape index (κ2) is 8.11. The van der Waals surface area contributed by atoms with Crippen LogP contribution in [0, 0.1) is 5.41 Å². The van der Waals surface area contributed by atoms with Crippen molar-refractivity contribution in [2.45, 2.75) is 38.3 Å². The van der Waals surface area contributed by atoms with E-state index < -0.39 is 11.4 Å². The van der Waals surface area contributed by atoms with Crippen LogP contribution in [-0.2, 0) is 4.79 Å². The number of carbonyl (C=O) groups is 1. The van der Waals surface area contributed by atoms with E-state index in [0.717, 1.165) is 22.9 Å². The first-order chi connectivity index (χ1) is 14.4. The van der Waals surface area contributed by atoms with Crippen molar-refractivity contribution in [2.24, 2.45) is 5.41 Å². The summed E-state index contributed by atoms with van der Waals surface area (Å²) in [4.78, 5) is 18.0. The minimum atomic E-state index is -0.750. The van der Waals surface area contributed by atoms with Crippen LogP contribution in [0.1, 0.15) is 37.8 Å². The lowest BCUT2D eigenvalue weighted by atomic mass is 9.69. The van der Waals surface area contributed by atoms with Crippen molar-refractivity contribution in [1.29, 1.82) is 0 Å². The van der Waals surface area contributed by atoms with Gasteiger partial charge in [-0.25, -0.2) is 4.98 Å². The predicted molar refractivity (Wildman–Crippen MR) is 117 cm³/mol. The van der Waals surface area contributed by atoms with E-state index in [-0.39, 0.29) is 18.7 Å². The highest BCUT2D eigenvalue weighted by molar-refractivity contribution is 5.84. The molecule has 1 heterocycles. The number of fused-ring (bicyclic) bond motifs is 1. The molecule has 1 aliphatic rings. The summed E-state index contributed by atoms with van der Waals surface area (Å²) in [5.41, 5.74) is 0.508. The van der Waals surface area contributed by atoms with Crippen LogP contribution >= 0.6 is 0 Å². The Morgan fingerprint density at radius 1 is 1.23 bits per heavy atom. The number of benzene rings is 2. The van der Waals surface area contributed by atoms with Gasteiger partial charge in [-0.05, 0) is 68.4 Å². The van der Waals surface area contributed by atoms with Gasteiger partial charge in [0.05, 0.1) is 12.4 Å². The van der Waals surface area contributed by atoms with E-state index in [2.05, 4.69) is 53.7 Å². The first kappa shape index (κ1) is 20.4. The quantitative estimate of drug-likeness (QED) is 0.606. The highest BCUT2D eigenvalue weighted by atomic mass is 16.5. The molecular formula is C24H29N3O3. The number of aromatic nitrogens is 2. The van der Waals surface area contributed by atoms with Gasteiger partial charge in [0.1, 0.15) is 17.8 Å². The number of aliphatic carboxylic acids is 1. The van der Waals surface area contributed by atoms with Crippen molar-refractivity contribution in [3.8, 4) is 5.75 Å². The second-order valence-electron chi connectivity index (χ2n) is 8.66. The van der Waals surface area contributed by atoms with Crippen LogP contribution in [0.2, 0.25) is 0 Å². The van der Waals surface area contributed by atoms with Crippen LogP contribution in [-0.4, -0.2) is 52.3 Å². The normalized spacial score (nSPS) is 17.5. The molecule has 6 heteroatoms. The Balaban J connectivity index is 1.59. The van der Waals surface area contributed by atoms with Gasteiger partial charge < -0.3 is 19.3 Å². The zero-order chi connectivity index (χ0) is 21.3. The van der Waals surface area contributed by atoms with Crippen molar-refractivity contribution < 1.29 is 14.6 Å². The first-order valence-electron chi connectivity index (χ1n) is 10.4. The third-order valence-electron chi connectivity index (χ3n) is 6.57. The highest BCUT2D eigenvalue weighted by Gasteiger charge is 2.45. The Morgan fingerprint density at radius 2 is 1.97 bits per heavy atom. The Hall–Kier alpha value is -2.86. The van der Waals surface area contributed by atoms with E-state index in [1.807, 2.05) is 36.9 Å². The third-order valence-corrected chi connectivity index (χ3v) is 6.57. The van der Waals surface area contributed by atoms with Gasteiger partial charge in [0.15, 0.2) is 0 Å². The number of imidazole rings is 1. The highest BCUT2D eigenvalue weighted by Crippen LogP contribution is 2.41. The molecule has 3 aromatic rings. The third kappa shape index (κ3) is 3.79. The fraction of sp³-hybridized carbons (Fsp3) is 0.417. The molecule has 2 atom stereocenters. The van der Waals surface area contributed by atoms with E-state index in [9.17, 15) is 9.90 Å². The zero-order valence-corrected chi connectivity index (χ0v) is 17.8. The summed E-state index contributed by atoms with van der Waals surface area (Å²) in [6.07, 6.45) is 8.03. The number of rotatable bonds is 8. The fourth-order valence-electron chi connectivity index (χ4n) is 4.18. The maximum atomic E-state index is 11.5. The van der Waals surface area contributed by atoms with Gasteiger partial charge in [-0.3, -0.25) is 4.79 Å². The maximum absolute atomic E-state index is 11.5. The SMILES string of the molecule is C[C@H]([C@@H](c1ccc2cc(OCC3(C(=O)O)CCC3)ccc2c1)n1ccnc1)N(C)C. The molecule has 158 valence electrons. The molecule has 0 saturated heterocycles. The molecule has 0 radical (unpaired) electrons. The predicted octanol–water partition coefficient (Wildman–Crippen LogP) is 4.21. The molecule has 0 aliphatic heterocycles. The average molecular weight is 408 g/mol. The van der Waals surface area contributed by atoms with Crippen molar-refractivity contribution in [1.82, 2.24) is 14.5 Å². The standard InChI is InChI=1S/C24H29N3O3/c1-17(26(2)3)22(27-12-11-25-16-27)20-6-5-19-14-21(8-7-18(19)13-20)30-15-24(23(28)29)9-4-10-24/h5-8,11-14,16-17,22H,4,9-10,15H2,1-3H3,(H,28,29)/t17-,22+/m1/s1. The van der Waals surface area contributed by atoms with Gasteiger partial charge in [0.2, 0.25) is 0 Å². The summed E-state index contributed by atoms with van der Waals surface area (Å²) < 4.78 is 8.04. The molecule has 1 saturated carbocycles. The van der Waals surface area contributed by atoms with E-state index in [1.54, 1.807) is 0 Å². The molecule has 2 aromatic carbocycles. The van der Waals surface area contributed by atoms with Gasteiger partial charge in [-0.15, -0.1) is 0 Å². The molecular weight excluding hydrogens is 378 g/mol. The summed E-state index contributed by atoms with van der Waals surface area (Å²) in [6, 6.07) is 12.9. The number of carboxylic acids is 1. The molecule has 1 fully saturated rings. The number of likely N-dealkylation sites (N-methyl/N-ethyl adjacent to an activating group) is 1. The molecule has 30 heavy (non-hydrogen) atoms. The van der Waals surface area contributed by atoms with Crippen LogP contribution < -0.4 is 4.74 Å². The lowest BCUT2D eigenvalue weighted by molar-refractivity contribution is -0.157. The second-order valence-corrected chi connectivity index (χ2v) is 8.66. The largest absolute Gasteiger partial charge is 0.492 e. The fourth-order valence-corrected chi connectivity index (χ4v) is 4.18. The summed E-state index contributed by atoms with van der Waals surface area (Å²) >= 11 is 0. The van der Waals surface area contributed by atoms with Crippen LogP contribution in [0.4, 0.5) is 0 Å². The lowest BCUT2D eigenvalue weighted by Gasteiger charge is -2.37. The molecule has 0 amide bonds. The van der Waals surface area contributed by atoms with Crippen molar-refractivity contribution in [3.05, 3.63) is 60.7 Å². The van der Waals surface area contributed by atoms with E-state index in [4.69, 9.17) is 4.74 Å². The smallest absolute Gasteiger partial charge is 0.313 e. The number of nitrogens with zero attached hydrogens (tertiary/aromatic N) is 3. The van der Waals surface area contributed by atoms with Gasteiger partial charge >= 0.3 is 5.97 Å². The number of hydrogen-bond acceptors (Lipinski definition) is 4. The maximum Gasteiger partial charge on any atom is 0.313 e. The van der Waals surface area contributed by atoms with Crippen molar-refractivity contribution in [2.75, 3.05) is 20.7 Å². The average Bonchev–Trinajstić information content (AvgIpc) is 3.21. The Labute approximate surface area is 177 Å². The molecule has 4 rings (SSSR count). The molecule has 0 unspecified atom stereocenters. The number of hydrogen-bond donors (Lipinski definition) is 1. The zero-order valence-electron chi connectivity index (χ0n) is 17.8. The summed E-state index contributed by atoms with van der Waals surface area (Å²) in [5, 5.41) is 11.7. The molecule has 1 aromatic heterocycles. The summed E-state index contributed by atoms with van der Waals surface area (Å²) in [6.45, 7) is 2.44. The number of carboxylic acid groups (broad SMARTS) is 1. The van der Waals surface area contributed by atoms with Gasteiger partial charge in [-0.1, -0.05) is 24.6 Å². The summed E-state index contributed by atoms with van der Waals surface area (Å²) in [7, 11) is 4.18. The van der Waals surface area contributed by atoms with Gasteiger partial charge in [0.25, 0.3) is 0 Å². The Kier molecular flexibility index (Phi) is 5.52. The molecule has 0 spiro atoms. The monoisotopic (exact) mass is 407 g/mol.